The van der Waals surface area contributed by atoms with Crippen molar-refractivity contribution in [1.82, 2.24) is 9.97 Å². The fourth-order valence-corrected chi connectivity index (χ4v) is 7.19. The minimum absolute atomic E-state index is 0.151. The summed E-state index contributed by atoms with van der Waals surface area (Å²) in [6.45, 7) is 4.63. The van der Waals surface area contributed by atoms with Crippen molar-refractivity contribution >= 4 is 50.2 Å². The summed E-state index contributed by atoms with van der Waals surface area (Å²) in [6.07, 6.45) is 0. The van der Waals surface area contributed by atoms with E-state index in [9.17, 15) is 0 Å². The van der Waals surface area contributed by atoms with Gasteiger partial charge >= 0.3 is 0 Å². The predicted octanol–water partition coefficient (Wildman–Crippen LogP) is 11.0. The van der Waals surface area contributed by atoms with Crippen molar-refractivity contribution in [2.45, 2.75) is 19.3 Å². The van der Waals surface area contributed by atoms with Crippen molar-refractivity contribution in [2.75, 3.05) is 4.90 Å². The molecule has 6 aromatic carbocycles. The summed E-state index contributed by atoms with van der Waals surface area (Å²) in [6, 6.07) is 48.6. The zero-order valence-electron chi connectivity index (χ0n) is 25.0. The first-order valence-electron chi connectivity index (χ1n) is 15.4. The SMILES string of the molecule is CC1(C)c2ccccc2-c2c(N(c3nc(-c4ccccc4)c4ccccc4n3)c3cccc4oc5ccccc5c34)cccc21. The van der Waals surface area contributed by atoms with Crippen molar-refractivity contribution in [3.8, 4) is 22.4 Å². The normalized spacial score (nSPS) is 13.3. The Bertz CT molecular complexity index is 2420. The molecule has 0 saturated heterocycles. The Morgan fingerprint density at radius 3 is 2.11 bits per heavy atom. The average Bonchev–Trinajstić information content (AvgIpc) is 3.58. The molecule has 45 heavy (non-hydrogen) atoms. The lowest BCUT2D eigenvalue weighted by Crippen LogP contribution is -2.17. The summed E-state index contributed by atoms with van der Waals surface area (Å²) in [5, 5.41) is 3.11. The van der Waals surface area contributed by atoms with Gasteiger partial charge in [0.05, 0.1) is 28.0 Å². The highest BCUT2D eigenvalue weighted by molar-refractivity contribution is 6.14. The Morgan fingerprint density at radius 2 is 1.22 bits per heavy atom. The topological polar surface area (TPSA) is 42.2 Å². The molecule has 1 aliphatic rings. The Balaban J connectivity index is 1.42. The highest BCUT2D eigenvalue weighted by Gasteiger charge is 2.38. The highest BCUT2D eigenvalue weighted by atomic mass is 16.3. The minimum atomic E-state index is -0.151. The fraction of sp³-hybridized carbons (Fsp3) is 0.0732. The first-order chi connectivity index (χ1) is 22.1. The van der Waals surface area contributed by atoms with Gasteiger partial charge in [-0.2, -0.15) is 0 Å². The molecule has 0 radical (unpaired) electrons. The van der Waals surface area contributed by atoms with Crippen molar-refractivity contribution in [3.05, 3.63) is 151 Å². The summed E-state index contributed by atoms with van der Waals surface area (Å²) in [5.41, 5.74) is 11.5. The van der Waals surface area contributed by atoms with Gasteiger partial charge in [-0.3, -0.25) is 4.90 Å². The van der Waals surface area contributed by atoms with Crippen LogP contribution in [0.1, 0.15) is 25.0 Å². The molecule has 0 bridgehead atoms. The number of nitrogens with zero attached hydrogens (tertiary/aromatic N) is 3. The van der Waals surface area contributed by atoms with Gasteiger partial charge in [-0.15, -0.1) is 0 Å². The minimum Gasteiger partial charge on any atom is -0.456 e. The van der Waals surface area contributed by atoms with Gasteiger partial charge in [-0.1, -0.05) is 123 Å². The molecule has 0 amide bonds. The number of aromatic nitrogens is 2. The summed E-state index contributed by atoms with van der Waals surface area (Å²) >= 11 is 0. The third-order valence-electron chi connectivity index (χ3n) is 9.29. The number of hydrogen-bond acceptors (Lipinski definition) is 4. The Kier molecular flexibility index (Phi) is 5.51. The number of rotatable bonds is 4. The molecular weight excluding hydrogens is 550 g/mol. The van der Waals surface area contributed by atoms with Crippen LogP contribution in [-0.2, 0) is 5.41 Å². The molecule has 2 heterocycles. The van der Waals surface area contributed by atoms with Gasteiger partial charge in [0.1, 0.15) is 11.2 Å². The van der Waals surface area contributed by atoms with E-state index in [1.165, 1.54) is 22.3 Å². The quantitative estimate of drug-likeness (QED) is 0.208. The maximum absolute atomic E-state index is 6.39. The maximum Gasteiger partial charge on any atom is 0.235 e. The van der Waals surface area contributed by atoms with E-state index < -0.39 is 0 Å². The molecule has 4 heteroatoms. The number of furan rings is 1. The molecule has 0 fully saturated rings. The van der Waals surface area contributed by atoms with Crippen LogP contribution in [0.3, 0.4) is 0 Å². The Labute approximate surface area is 261 Å². The lowest BCUT2D eigenvalue weighted by atomic mass is 9.82. The third-order valence-corrected chi connectivity index (χ3v) is 9.29. The average molecular weight is 580 g/mol. The standard InChI is InChI=1S/C41H29N3O/c1-41(2)30-19-9-6-16-27(30)37-31(41)20-12-22-33(37)44(34-23-13-25-36-38(34)29-18-8-11-24-35(29)45-36)40-42-32-21-10-7-17-28(32)39(43-40)26-14-4-3-5-15-26/h3-25H,1-2H3. The van der Waals surface area contributed by atoms with Crippen molar-refractivity contribution < 1.29 is 4.42 Å². The highest BCUT2D eigenvalue weighted by Crippen LogP contribution is 2.54. The number of anilines is 3. The predicted molar refractivity (Wildman–Crippen MR) is 184 cm³/mol. The van der Waals surface area contributed by atoms with E-state index in [0.29, 0.717) is 5.95 Å². The zero-order chi connectivity index (χ0) is 30.1. The van der Waals surface area contributed by atoms with E-state index >= 15 is 0 Å². The second-order valence-electron chi connectivity index (χ2n) is 12.2. The molecule has 0 unspecified atom stereocenters. The third kappa shape index (κ3) is 3.79. The largest absolute Gasteiger partial charge is 0.456 e. The van der Waals surface area contributed by atoms with Crippen molar-refractivity contribution in [2.24, 2.45) is 0 Å². The van der Waals surface area contributed by atoms with Crippen LogP contribution in [0.5, 0.6) is 0 Å². The molecule has 1 aliphatic carbocycles. The molecule has 0 atom stereocenters. The summed E-state index contributed by atoms with van der Waals surface area (Å²) in [5.74, 6) is 0.612. The number of hydrogen-bond donors (Lipinski definition) is 0. The molecule has 2 aromatic heterocycles. The summed E-state index contributed by atoms with van der Waals surface area (Å²) < 4.78 is 6.39. The number of fused-ring (bicyclic) bond motifs is 7. The Hall–Kier alpha value is -5.74. The lowest BCUT2D eigenvalue weighted by molar-refractivity contribution is 0.660. The number of benzene rings is 6. The number of para-hydroxylation sites is 2. The monoisotopic (exact) mass is 579 g/mol. The van der Waals surface area contributed by atoms with Gasteiger partial charge in [0.25, 0.3) is 0 Å². The van der Waals surface area contributed by atoms with E-state index in [0.717, 1.165) is 55.5 Å². The molecular formula is C41H29N3O. The van der Waals surface area contributed by atoms with Gasteiger partial charge < -0.3 is 4.42 Å². The van der Waals surface area contributed by atoms with Crippen LogP contribution >= 0.6 is 0 Å². The van der Waals surface area contributed by atoms with Crippen LogP contribution in [0.15, 0.2) is 144 Å². The van der Waals surface area contributed by atoms with Crippen LogP contribution in [0.2, 0.25) is 0 Å². The first-order valence-corrected chi connectivity index (χ1v) is 15.4. The van der Waals surface area contributed by atoms with Gasteiger partial charge in [-0.25, -0.2) is 9.97 Å². The fourth-order valence-electron chi connectivity index (χ4n) is 7.19. The smallest absolute Gasteiger partial charge is 0.235 e. The van der Waals surface area contributed by atoms with Crippen LogP contribution < -0.4 is 4.90 Å². The molecule has 4 nitrogen and oxygen atoms in total. The molecule has 0 saturated carbocycles. The first kappa shape index (κ1) is 25.7. The van der Waals surface area contributed by atoms with E-state index in [1.807, 2.05) is 30.3 Å². The molecule has 0 aliphatic heterocycles. The van der Waals surface area contributed by atoms with E-state index in [2.05, 4.69) is 128 Å². The van der Waals surface area contributed by atoms with Gasteiger partial charge in [0.2, 0.25) is 5.95 Å². The van der Waals surface area contributed by atoms with Crippen LogP contribution in [-0.4, -0.2) is 9.97 Å². The zero-order valence-corrected chi connectivity index (χ0v) is 25.0. The molecule has 9 rings (SSSR count). The van der Waals surface area contributed by atoms with E-state index in [-0.39, 0.29) is 5.41 Å². The molecule has 0 N–H and O–H groups in total. The summed E-state index contributed by atoms with van der Waals surface area (Å²) in [4.78, 5) is 12.9. The molecule has 214 valence electrons. The molecule has 8 aromatic rings. The Morgan fingerprint density at radius 1 is 0.556 bits per heavy atom. The van der Waals surface area contributed by atoms with Crippen LogP contribution in [0.25, 0.3) is 55.2 Å². The summed E-state index contributed by atoms with van der Waals surface area (Å²) in [7, 11) is 0. The maximum atomic E-state index is 6.39. The van der Waals surface area contributed by atoms with Crippen molar-refractivity contribution in [1.29, 1.82) is 0 Å². The van der Waals surface area contributed by atoms with Crippen LogP contribution in [0.4, 0.5) is 17.3 Å². The van der Waals surface area contributed by atoms with Gasteiger partial charge in [-0.05, 0) is 47.0 Å². The van der Waals surface area contributed by atoms with E-state index in [4.69, 9.17) is 14.4 Å². The lowest BCUT2D eigenvalue weighted by Gasteiger charge is -2.28. The second-order valence-corrected chi connectivity index (χ2v) is 12.2. The second kappa shape index (κ2) is 9.63. The van der Waals surface area contributed by atoms with Crippen LogP contribution in [0, 0.1) is 0 Å². The van der Waals surface area contributed by atoms with E-state index in [1.54, 1.807) is 0 Å². The van der Waals surface area contributed by atoms with Gasteiger partial charge in [0.15, 0.2) is 0 Å². The van der Waals surface area contributed by atoms with Gasteiger partial charge in [0, 0.05) is 27.3 Å². The van der Waals surface area contributed by atoms with Crippen molar-refractivity contribution in [3.63, 3.8) is 0 Å². The molecule has 0 spiro atoms.